The van der Waals surface area contributed by atoms with Crippen molar-refractivity contribution < 1.29 is 4.79 Å². The van der Waals surface area contributed by atoms with Crippen molar-refractivity contribution in [2.45, 2.75) is 52.4 Å². The number of H-pyrrole nitrogens is 1. The topological polar surface area (TPSA) is 92.7 Å². The standard InChI is InChI=1S/C16H23N5O2/c1-4-6-7-12(5-2)13-11(3)14(22)19-15(18-13)20-16(23)21-9-8-17-10-21/h8-10,12H,4-7H2,1-3H3,(H2,18,19,20,22,23). The van der Waals surface area contributed by atoms with Gasteiger partial charge < -0.3 is 0 Å². The second-order valence-electron chi connectivity index (χ2n) is 5.57. The molecular formula is C16H23N5O2. The molecule has 0 radical (unpaired) electrons. The van der Waals surface area contributed by atoms with Crippen LogP contribution in [0.3, 0.4) is 0 Å². The van der Waals surface area contributed by atoms with E-state index in [0.717, 1.165) is 31.4 Å². The summed E-state index contributed by atoms with van der Waals surface area (Å²) in [5, 5.41) is 2.61. The Kier molecular flexibility index (Phi) is 5.67. The molecule has 1 atom stereocenters. The number of anilines is 1. The lowest BCUT2D eigenvalue weighted by Gasteiger charge is -2.17. The molecule has 2 heterocycles. The van der Waals surface area contributed by atoms with Gasteiger partial charge in [0.25, 0.3) is 5.56 Å². The lowest BCUT2D eigenvalue weighted by atomic mass is 9.93. The van der Waals surface area contributed by atoms with Crippen molar-refractivity contribution in [3.05, 3.63) is 40.3 Å². The van der Waals surface area contributed by atoms with Gasteiger partial charge in [0.1, 0.15) is 6.33 Å². The van der Waals surface area contributed by atoms with Crippen LogP contribution in [0.1, 0.15) is 56.7 Å². The monoisotopic (exact) mass is 317 g/mol. The minimum absolute atomic E-state index is 0.171. The normalized spacial score (nSPS) is 12.1. The molecule has 23 heavy (non-hydrogen) atoms. The smallest absolute Gasteiger partial charge is 0.292 e. The molecule has 0 saturated carbocycles. The highest BCUT2D eigenvalue weighted by molar-refractivity contribution is 5.89. The summed E-state index contributed by atoms with van der Waals surface area (Å²) in [7, 11) is 0. The summed E-state index contributed by atoms with van der Waals surface area (Å²) in [6.45, 7) is 6.01. The Bertz CT molecular complexity index is 706. The van der Waals surface area contributed by atoms with Gasteiger partial charge in [0.05, 0.1) is 5.69 Å². The zero-order valence-corrected chi connectivity index (χ0v) is 13.8. The third kappa shape index (κ3) is 4.06. The number of aromatic nitrogens is 4. The molecule has 0 aromatic carbocycles. The highest BCUT2D eigenvalue weighted by Gasteiger charge is 2.17. The Hall–Kier alpha value is -2.44. The third-order valence-electron chi connectivity index (χ3n) is 3.94. The molecule has 0 saturated heterocycles. The zero-order chi connectivity index (χ0) is 16.8. The average Bonchev–Trinajstić information content (AvgIpc) is 3.07. The Balaban J connectivity index is 2.28. The van der Waals surface area contributed by atoms with E-state index in [4.69, 9.17) is 0 Å². The van der Waals surface area contributed by atoms with Crippen molar-refractivity contribution in [3.63, 3.8) is 0 Å². The summed E-state index contributed by atoms with van der Waals surface area (Å²) in [5.74, 6) is 0.394. The number of carbonyl (C=O) groups is 1. The summed E-state index contributed by atoms with van der Waals surface area (Å²) in [5.41, 5.74) is 1.17. The zero-order valence-electron chi connectivity index (χ0n) is 13.8. The van der Waals surface area contributed by atoms with Crippen LogP contribution in [0.5, 0.6) is 0 Å². The first kappa shape index (κ1) is 16.9. The van der Waals surface area contributed by atoms with Crippen LogP contribution in [-0.2, 0) is 0 Å². The van der Waals surface area contributed by atoms with E-state index in [0.29, 0.717) is 5.56 Å². The molecule has 0 bridgehead atoms. The number of nitrogens with zero attached hydrogens (tertiary/aromatic N) is 3. The first-order chi connectivity index (χ1) is 11.1. The quantitative estimate of drug-likeness (QED) is 0.856. The molecule has 0 fully saturated rings. The van der Waals surface area contributed by atoms with E-state index in [2.05, 4.69) is 34.1 Å². The van der Waals surface area contributed by atoms with Crippen LogP contribution in [-0.4, -0.2) is 25.6 Å². The number of nitrogens with one attached hydrogen (secondary N) is 2. The van der Waals surface area contributed by atoms with Gasteiger partial charge in [-0.2, -0.15) is 0 Å². The van der Waals surface area contributed by atoms with E-state index in [1.165, 1.54) is 23.3 Å². The summed E-state index contributed by atoms with van der Waals surface area (Å²) >= 11 is 0. The van der Waals surface area contributed by atoms with E-state index in [-0.39, 0.29) is 17.4 Å². The van der Waals surface area contributed by atoms with Gasteiger partial charge in [0.2, 0.25) is 5.95 Å². The van der Waals surface area contributed by atoms with Crippen molar-refractivity contribution in [1.29, 1.82) is 0 Å². The molecule has 7 nitrogen and oxygen atoms in total. The van der Waals surface area contributed by atoms with Crippen LogP contribution in [0.4, 0.5) is 10.7 Å². The first-order valence-corrected chi connectivity index (χ1v) is 7.96. The minimum Gasteiger partial charge on any atom is -0.292 e. The second kappa shape index (κ2) is 7.71. The summed E-state index contributed by atoms with van der Waals surface area (Å²) in [4.78, 5) is 35.1. The van der Waals surface area contributed by atoms with E-state index in [9.17, 15) is 9.59 Å². The molecule has 2 aromatic rings. The number of amides is 1. The van der Waals surface area contributed by atoms with Gasteiger partial charge in [-0.15, -0.1) is 0 Å². The fourth-order valence-corrected chi connectivity index (χ4v) is 2.54. The lowest BCUT2D eigenvalue weighted by molar-refractivity contribution is 0.253. The van der Waals surface area contributed by atoms with Gasteiger partial charge in [0.15, 0.2) is 0 Å². The summed E-state index contributed by atoms with van der Waals surface area (Å²) < 4.78 is 1.29. The molecular weight excluding hydrogens is 294 g/mol. The van der Waals surface area contributed by atoms with E-state index >= 15 is 0 Å². The van der Waals surface area contributed by atoms with Crippen molar-refractivity contribution in [2.24, 2.45) is 0 Å². The molecule has 124 valence electrons. The summed E-state index contributed by atoms with van der Waals surface area (Å²) in [6, 6.07) is -0.415. The molecule has 2 N–H and O–H groups in total. The van der Waals surface area contributed by atoms with E-state index in [1.807, 2.05) is 0 Å². The Morgan fingerprint density at radius 3 is 2.83 bits per heavy atom. The molecule has 0 spiro atoms. The van der Waals surface area contributed by atoms with Crippen molar-refractivity contribution in [3.8, 4) is 0 Å². The Morgan fingerprint density at radius 2 is 2.22 bits per heavy atom. The number of unbranched alkanes of at least 4 members (excludes halogenated alkanes) is 1. The third-order valence-corrected chi connectivity index (χ3v) is 3.94. The highest BCUT2D eigenvalue weighted by atomic mass is 16.2. The van der Waals surface area contributed by atoms with Crippen molar-refractivity contribution >= 4 is 12.0 Å². The Labute approximate surface area is 135 Å². The van der Waals surface area contributed by atoms with Gasteiger partial charge >= 0.3 is 6.03 Å². The summed E-state index contributed by atoms with van der Waals surface area (Å²) in [6.07, 6.45) is 8.50. The lowest BCUT2D eigenvalue weighted by Crippen LogP contribution is -2.24. The van der Waals surface area contributed by atoms with Gasteiger partial charge in [-0.3, -0.25) is 19.7 Å². The SMILES string of the molecule is CCCCC(CC)c1nc(NC(=O)n2ccnc2)[nH]c(=O)c1C. The second-order valence-corrected chi connectivity index (χ2v) is 5.57. The van der Waals surface area contributed by atoms with Crippen LogP contribution in [0.2, 0.25) is 0 Å². The van der Waals surface area contributed by atoms with E-state index < -0.39 is 6.03 Å². The van der Waals surface area contributed by atoms with Crippen LogP contribution < -0.4 is 10.9 Å². The number of hydrogen-bond donors (Lipinski definition) is 2. The molecule has 2 rings (SSSR count). The molecule has 0 aliphatic heterocycles. The van der Waals surface area contributed by atoms with Crippen LogP contribution in [0.25, 0.3) is 0 Å². The maximum Gasteiger partial charge on any atom is 0.333 e. The van der Waals surface area contributed by atoms with Gasteiger partial charge in [-0.25, -0.2) is 14.8 Å². The van der Waals surface area contributed by atoms with Crippen LogP contribution >= 0.6 is 0 Å². The number of hydrogen-bond acceptors (Lipinski definition) is 4. The van der Waals surface area contributed by atoms with Crippen LogP contribution in [0.15, 0.2) is 23.5 Å². The predicted octanol–water partition coefficient (Wildman–Crippen LogP) is 3.04. The van der Waals surface area contributed by atoms with Crippen LogP contribution in [0, 0.1) is 6.92 Å². The molecule has 1 amide bonds. The maximum atomic E-state index is 12.2. The molecule has 7 heteroatoms. The maximum absolute atomic E-state index is 12.2. The van der Waals surface area contributed by atoms with E-state index in [1.54, 1.807) is 6.92 Å². The average molecular weight is 317 g/mol. The molecule has 1 unspecified atom stereocenters. The molecule has 0 aliphatic carbocycles. The minimum atomic E-state index is -0.415. The van der Waals surface area contributed by atoms with Crippen molar-refractivity contribution in [2.75, 3.05) is 5.32 Å². The highest BCUT2D eigenvalue weighted by Crippen LogP contribution is 2.25. The predicted molar refractivity (Wildman–Crippen MR) is 88.8 cm³/mol. The number of carbonyl (C=O) groups excluding carboxylic acids is 1. The molecule has 2 aromatic heterocycles. The molecule has 0 aliphatic rings. The van der Waals surface area contributed by atoms with Gasteiger partial charge in [-0.1, -0.05) is 26.7 Å². The van der Waals surface area contributed by atoms with Gasteiger partial charge in [-0.05, 0) is 19.8 Å². The number of aromatic amines is 1. The van der Waals surface area contributed by atoms with Gasteiger partial charge in [0, 0.05) is 23.9 Å². The van der Waals surface area contributed by atoms with Crippen molar-refractivity contribution in [1.82, 2.24) is 19.5 Å². The number of imidazole rings is 1. The fourth-order valence-electron chi connectivity index (χ4n) is 2.54. The largest absolute Gasteiger partial charge is 0.333 e. The Morgan fingerprint density at radius 1 is 1.43 bits per heavy atom. The fraction of sp³-hybridized carbons (Fsp3) is 0.500. The number of rotatable bonds is 6. The first-order valence-electron chi connectivity index (χ1n) is 7.96.